The Kier molecular flexibility index (Phi) is 9.35. The predicted molar refractivity (Wildman–Crippen MR) is 137 cm³/mol. The Morgan fingerprint density at radius 1 is 0.909 bits per heavy atom. The van der Waals surface area contributed by atoms with Crippen molar-refractivity contribution in [1.29, 1.82) is 0 Å². The molecule has 2 N–H and O–H groups in total. The highest BCUT2D eigenvalue weighted by atomic mass is 16.2. The molecule has 1 aliphatic carbocycles. The third-order valence-corrected chi connectivity index (χ3v) is 6.46. The predicted octanol–water partition coefficient (Wildman–Crippen LogP) is 6.19. The van der Waals surface area contributed by atoms with E-state index < -0.39 is 0 Å². The van der Waals surface area contributed by atoms with E-state index >= 15 is 0 Å². The second-order valence-corrected chi connectivity index (χ2v) is 9.40. The number of nitrogens with zero attached hydrogens (tertiary/aromatic N) is 1. The zero-order chi connectivity index (χ0) is 23.6. The molecule has 0 spiro atoms. The molecule has 0 atom stereocenters. The van der Waals surface area contributed by atoms with Crippen molar-refractivity contribution in [3.05, 3.63) is 59.2 Å². The zero-order valence-electron chi connectivity index (χ0n) is 20.5. The van der Waals surface area contributed by atoms with Gasteiger partial charge in [0.25, 0.3) is 11.8 Å². The fourth-order valence-electron chi connectivity index (χ4n) is 4.48. The number of aryl methyl sites for hydroxylation is 1. The first kappa shape index (κ1) is 24.8. The van der Waals surface area contributed by atoms with Crippen LogP contribution >= 0.6 is 0 Å². The molecule has 2 amide bonds. The lowest BCUT2D eigenvalue weighted by Gasteiger charge is -2.24. The van der Waals surface area contributed by atoms with E-state index in [1.54, 1.807) is 6.07 Å². The van der Waals surface area contributed by atoms with Crippen LogP contribution in [0.2, 0.25) is 0 Å². The summed E-state index contributed by atoms with van der Waals surface area (Å²) in [7, 11) is 3.85. The highest BCUT2D eigenvalue weighted by Gasteiger charge is 2.20. The molecule has 1 fully saturated rings. The molecule has 0 radical (unpaired) electrons. The zero-order valence-corrected chi connectivity index (χ0v) is 20.5. The molecule has 0 bridgehead atoms. The number of hydrogen-bond acceptors (Lipinski definition) is 3. The van der Waals surface area contributed by atoms with Crippen LogP contribution in [0.1, 0.15) is 91.0 Å². The average Bonchev–Trinajstić information content (AvgIpc) is 2.82. The summed E-state index contributed by atoms with van der Waals surface area (Å²) < 4.78 is 0. The molecular formula is C28H39N3O2. The SMILES string of the molecule is CCCCCCc1ccc(C(=O)Nc2ccc(N(C)C)c(C(=O)NC3CCCCC3)c2)cc1. The van der Waals surface area contributed by atoms with Gasteiger partial charge in [0, 0.05) is 37.1 Å². The average molecular weight is 450 g/mol. The van der Waals surface area contributed by atoms with E-state index in [-0.39, 0.29) is 17.9 Å². The first-order valence-corrected chi connectivity index (χ1v) is 12.5. The number of carbonyl (C=O) groups is 2. The number of unbranched alkanes of at least 4 members (excludes halogenated alkanes) is 3. The molecule has 0 heterocycles. The number of hydrogen-bond donors (Lipinski definition) is 2. The molecule has 2 aromatic rings. The molecule has 2 aromatic carbocycles. The van der Waals surface area contributed by atoms with Gasteiger partial charge in [0.05, 0.1) is 5.56 Å². The van der Waals surface area contributed by atoms with Crippen molar-refractivity contribution in [2.75, 3.05) is 24.3 Å². The lowest BCUT2D eigenvalue weighted by atomic mass is 9.95. The maximum absolute atomic E-state index is 13.1. The van der Waals surface area contributed by atoms with Crippen LogP contribution in [-0.4, -0.2) is 32.0 Å². The van der Waals surface area contributed by atoms with Crippen molar-refractivity contribution < 1.29 is 9.59 Å². The van der Waals surface area contributed by atoms with Gasteiger partial charge in [-0.25, -0.2) is 0 Å². The van der Waals surface area contributed by atoms with E-state index in [0.29, 0.717) is 16.8 Å². The van der Waals surface area contributed by atoms with Gasteiger partial charge in [-0.2, -0.15) is 0 Å². The smallest absolute Gasteiger partial charge is 0.255 e. The maximum atomic E-state index is 13.1. The van der Waals surface area contributed by atoms with Gasteiger partial charge in [0.1, 0.15) is 0 Å². The molecule has 1 saturated carbocycles. The number of carbonyl (C=O) groups excluding carboxylic acids is 2. The number of nitrogens with one attached hydrogen (secondary N) is 2. The van der Waals surface area contributed by atoms with Gasteiger partial charge in [0.15, 0.2) is 0 Å². The summed E-state index contributed by atoms with van der Waals surface area (Å²) in [5.74, 6) is -0.238. The summed E-state index contributed by atoms with van der Waals surface area (Å²) in [6.45, 7) is 2.22. The first-order valence-electron chi connectivity index (χ1n) is 12.5. The second kappa shape index (κ2) is 12.4. The summed E-state index contributed by atoms with van der Waals surface area (Å²) in [6, 6.07) is 13.6. The standard InChI is InChI=1S/C28H39N3O2/c1-4-5-6-8-11-21-14-16-22(17-15-21)27(32)30-24-18-19-26(31(2)3)25(20-24)28(33)29-23-12-9-7-10-13-23/h14-20,23H,4-13H2,1-3H3,(H,29,33)(H,30,32). The third-order valence-electron chi connectivity index (χ3n) is 6.46. The van der Waals surface area contributed by atoms with Crippen LogP contribution in [0.5, 0.6) is 0 Å². The Labute approximate surface area is 199 Å². The molecule has 1 aliphatic rings. The van der Waals surface area contributed by atoms with Crippen LogP contribution in [0.25, 0.3) is 0 Å². The van der Waals surface area contributed by atoms with E-state index in [0.717, 1.165) is 24.9 Å². The fraction of sp³-hybridized carbons (Fsp3) is 0.500. The normalized spacial score (nSPS) is 14.0. The number of amides is 2. The van der Waals surface area contributed by atoms with Gasteiger partial charge in [-0.05, 0) is 61.6 Å². The van der Waals surface area contributed by atoms with E-state index in [4.69, 9.17) is 0 Å². The lowest BCUT2D eigenvalue weighted by molar-refractivity contribution is 0.0927. The van der Waals surface area contributed by atoms with E-state index in [1.165, 1.54) is 50.5 Å². The quantitative estimate of drug-likeness (QED) is 0.425. The van der Waals surface area contributed by atoms with Crippen molar-refractivity contribution in [2.24, 2.45) is 0 Å². The molecule has 0 aromatic heterocycles. The minimum Gasteiger partial charge on any atom is -0.377 e. The molecule has 0 saturated heterocycles. The lowest BCUT2D eigenvalue weighted by Crippen LogP contribution is -2.36. The monoisotopic (exact) mass is 449 g/mol. The van der Waals surface area contributed by atoms with Crippen LogP contribution in [0.3, 0.4) is 0 Å². The van der Waals surface area contributed by atoms with Gasteiger partial charge in [0.2, 0.25) is 0 Å². The molecule has 5 heteroatoms. The van der Waals surface area contributed by atoms with Crippen LogP contribution in [-0.2, 0) is 6.42 Å². The molecule has 33 heavy (non-hydrogen) atoms. The van der Waals surface area contributed by atoms with E-state index in [2.05, 4.69) is 17.6 Å². The van der Waals surface area contributed by atoms with Crippen LogP contribution in [0.15, 0.2) is 42.5 Å². The molecule has 0 unspecified atom stereocenters. The van der Waals surface area contributed by atoms with Crippen molar-refractivity contribution in [3.63, 3.8) is 0 Å². The highest BCUT2D eigenvalue weighted by Crippen LogP contribution is 2.25. The summed E-state index contributed by atoms with van der Waals surface area (Å²) in [5, 5.41) is 6.16. The van der Waals surface area contributed by atoms with Crippen molar-refractivity contribution in [1.82, 2.24) is 5.32 Å². The molecular weight excluding hydrogens is 410 g/mol. The number of anilines is 2. The third kappa shape index (κ3) is 7.34. The summed E-state index contributed by atoms with van der Waals surface area (Å²) >= 11 is 0. The van der Waals surface area contributed by atoms with Gasteiger partial charge >= 0.3 is 0 Å². The molecule has 178 valence electrons. The second-order valence-electron chi connectivity index (χ2n) is 9.40. The minimum absolute atomic E-state index is 0.0749. The Balaban J connectivity index is 1.66. The van der Waals surface area contributed by atoms with E-state index in [9.17, 15) is 9.59 Å². The summed E-state index contributed by atoms with van der Waals surface area (Å²) in [5.41, 5.74) is 3.94. The van der Waals surface area contributed by atoms with E-state index in [1.807, 2.05) is 55.4 Å². The Morgan fingerprint density at radius 2 is 1.64 bits per heavy atom. The number of rotatable bonds is 10. The first-order chi connectivity index (χ1) is 16.0. The van der Waals surface area contributed by atoms with Crippen molar-refractivity contribution >= 4 is 23.2 Å². The molecule has 0 aliphatic heterocycles. The van der Waals surface area contributed by atoms with Crippen LogP contribution < -0.4 is 15.5 Å². The Hall–Kier alpha value is -2.82. The highest BCUT2D eigenvalue weighted by molar-refractivity contribution is 6.06. The van der Waals surface area contributed by atoms with Gasteiger partial charge in [-0.15, -0.1) is 0 Å². The van der Waals surface area contributed by atoms with Gasteiger partial charge < -0.3 is 15.5 Å². The van der Waals surface area contributed by atoms with Gasteiger partial charge in [-0.1, -0.05) is 57.6 Å². The molecule has 5 nitrogen and oxygen atoms in total. The van der Waals surface area contributed by atoms with Crippen LogP contribution in [0.4, 0.5) is 11.4 Å². The van der Waals surface area contributed by atoms with Crippen molar-refractivity contribution in [3.8, 4) is 0 Å². The Morgan fingerprint density at radius 3 is 2.30 bits per heavy atom. The number of benzene rings is 2. The summed E-state index contributed by atoms with van der Waals surface area (Å²) in [6.07, 6.45) is 11.6. The molecule has 3 rings (SSSR count). The maximum Gasteiger partial charge on any atom is 0.255 e. The topological polar surface area (TPSA) is 61.4 Å². The van der Waals surface area contributed by atoms with Gasteiger partial charge in [-0.3, -0.25) is 9.59 Å². The van der Waals surface area contributed by atoms with Crippen molar-refractivity contribution in [2.45, 2.75) is 77.2 Å². The fourth-order valence-corrected chi connectivity index (χ4v) is 4.48. The summed E-state index contributed by atoms with van der Waals surface area (Å²) in [4.78, 5) is 27.8. The Bertz CT molecular complexity index is 915. The minimum atomic E-state index is -0.163. The largest absolute Gasteiger partial charge is 0.377 e. The van der Waals surface area contributed by atoms with Crippen LogP contribution in [0, 0.1) is 0 Å².